The summed E-state index contributed by atoms with van der Waals surface area (Å²) in [5.41, 5.74) is 4.88. The van der Waals surface area contributed by atoms with Crippen molar-refractivity contribution < 1.29 is 4.74 Å². The lowest BCUT2D eigenvalue weighted by Crippen LogP contribution is -2.39. The van der Waals surface area contributed by atoms with Gasteiger partial charge in [0.15, 0.2) is 0 Å². The first-order valence-corrected chi connectivity index (χ1v) is 9.05. The van der Waals surface area contributed by atoms with E-state index in [1.807, 2.05) is 0 Å². The van der Waals surface area contributed by atoms with E-state index in [0.29, 0.717) is 0 Å². The first kappa shape index (κ1) is 16.3. The van der Waals surface area contributed by atoms with Crippen molar-refractivity contribution in [3.8, 4) is 0 Å². The van der Waals surface area contributed by atoms with Gasteiger partial charge in [0.25, 0.3) is 0 Å². The van der Waals surface area contributed by atoms with E-state index in [-0.39, 0.29) is 6.04 Å². The van der Waals surface area contributed by atoms with Crippen LogP contribution in [0.25, 0.3) is 11.0 Å². The lowest BCUT2D eigenvalue weighted by atomic mass is 10.1. The highest BCUT2D eigenvalue weighted by molar-refractivity contribution is 5.76. The van der Waals surface area contributed by atoms with Crippen LogP contribution < -0.4 is 0 Å². The SMILES string of the molecule is Cc1ccc(Cn2c([C@H](C)N3CCOCC3)nc3ccccc32)cc1. The predicted molar refractivity (Wildman–Crippen MR) is 101 cm³/mol. The topological polar surface area (TPSA) is 30.3 Å². The Labute approximate surface area is 149 Å². The predicted octanol–water partition coefficient (Wildman–Crippen LogP) is 3.79. The van der Waals surface area contributed by atoms with E-state index >= 15 is 0 Å². The lowest BCUT2D eigenvalue weighted by Gasteiger charge is -2.32. The number of para-hydroxylation sites is 2. The molecule has 130 valence electrons. The van der Waals surface area contributed by atoms with Gasteiger partial charge in [0, 0.05) is 19.6 Å². The van der Waals surface area contributed by atoms with Crippen LogP contribution in [0.1, 0.15) is 29.9 Å². The molecule has 1 aromatic heterocycles. The Bertz CT molecular complexity index is 847. The second-order valence-electron chi connectivity index (χ2n) is 6.85. The molecule has 1 saturated heterocycles. The van der Waals surface area contributed by atoms with Gasteiger partial charge in [-0.15, -0.1) is 0 Å². The minimum Gasteiger partial charge on any atom is -0.379 e. The molecule has 0 spiro atoms. The van der Waals surface area contributed by atoms with E-state index < -0.39 is 0 Å². The molecular weight excluding hydrogens is 310 g/mol. The van der Waals surface area contributed by atoms with Crippen molar-refractivity contribution in [1.29, 1.82) is 0 Å². The lowest BCUT2D eigenvalue weighted by molar-refractivity contribution is 0.0177. The van der Waals surface area contributed by atoms with E-state index in [1.165, 1.54) is 16.6 Å². The minimum atomic E-state index is 0.279. The number of fused-ring (bicyclic) bond motifs is 1. The smallest absolute Gasteiger partial charge is 0.127 e. The third kappa shape index (κ3) is 3.32. The fraction of sp³-hybridized carbons (Fsp3) is 0.381. The Morgan fingerprint density at radius 2 is 1.76 bits per heavy atom. The van der Waals surface area contributed by atoms with E-state index in [1.54, 1.807) is 0 Å². The zero-order chi connectivity index (χ0) is 17.2. The van der Waals surface area contributed by atoms with Crippen LogP contribution in [0.5, 0.6) is 0 Å². The van der Waals surface area contributed by atoms with Crippen molar-refractivity contribution in [3.05, 3.63) is 65.5 Å². The summed E-state index contributed by atoms with van der Waals surface area (Å²) < 4.78 is 7.89. The molecule has 4 nitrogen and oxygen atoms in total. The van der Waals surface area contributed by atoms with E-state index in [9.17, 15) is 0 Å². The molecule has 1 atom stereocenters. The second-order valence-corrected chi connectivity index (χ2v) is 6.85. The average molecular weight is 335 g/mol. The Kier molecular flexibility index (Phi) is 4.55. The number of aromatic nitrogens is 2. The summed E-state index contributed by atoms with van der Waals surface area (Å²) in [7, 11) is 0. The molecule has 2 heterocycles. The van der Waals surface area contributed by atoms with Gasteiger partial charge in [-0.3, -0.25) is 4.90 Å². The van der Waals surface area contributed by atoms with Crippen LogP contribution in [0.2, 0.25) is 0 Å². The number of morpholine rings is 1. The third-order valence-electron chi connectivity index (χ3n) is 5.11. The van der Waals surface area contributed by atoms with Gasteiger partial charge >= 0.3 is 0 Å². The molecule has 0 unspecified atom stereocenters. The molecule has 0 saturated carbocycles. The van der Waals surface area contributed by atoms with Crippen molar-refractivity contribution in [2.45, 2.75) is 26.4 Å². The molecule has 0 N–H and O–H groups in total. The van der Waals surface area contributed by atoms with Crippen molar-refractivity contribution in [1.82, 2.24) is 14.5 Å². The van der Waals surface area contributed by atoms with Gasteiger partial charge in [-0.25, -0.2) is 4.98 Å². The molecule has 4 rings (SSSR count). The van der Waals surface area contributed by atoms with Gasteiger partial charge in [0.2, 0.25) is 0 Å². The van der Waals surface area contributed by atoms with Gasteiger partial charge in [-0.05, 0) is 31.5 Å². The molecule has 4 heteroatoms. The molecule has 1 aliphatic rings. The maximum Gasteiger partial charge on any atom is 0.127 e. The zero-order valence-electron chi connectivity index (χ0n) is 15.0. The minimum absolute atomic E-state index is 0.279. The van der Waals surface area contributed by atoms with Crippen LogP contribution in [0.15, 0.2) is 48.5 Å². The van der Waals surface area contributed by atoms with E-state index in [0.717, 1.165) is 44.2 Å². The van der Waals surface area contributed by atoms with Crippen LogP contribution in [-0.2, 0) is 11.3 Å². The summed E-state index contributed by atoms with van der Waals surface area (Å²) in [4.78, 5) is 7.45. The molecule has 2 aromatic carbocycles. The largest absolute Gasteiger partial charge is 0.379 e. The average Bonchev–Trinajstić information content (AvgIpc) is 3.02. The maximum absolute atomic E-state index is 5.51. The molecular formula is C21H25N3O. The summed E-state index contributed by atoms with van der Waals surface area (Å²) in [6, 6.07) is 17.5. The monoisotopic (exact) mass is 335 g/mol. The van der Waals surface area contributed by atoms with Gasteiger partial charge in [-0.1, -0.05) is 42.0 Å². The Morgan fingerprint density at radius 1 is 1.04 bits per heavy atom. The van der Waals surface area contributed by atoms with Crippen LogP contribution in [-0.4, -0.2) is 40.8 Å². The molecule has 0 radical (unpaired) electrons. The number of benzene rings is 2. The number of ether oxygens (including phenoxy) is 1. The first-order valence-electron chi connectivity index (χ1n) is 9.05. The summed E-state index contributed by atoms with van der Waals surface area (Å²) in [6.07, 6.45) is 0. The van der Waals surface area contributed by atoms with Gasteiger partial charge < -0.3 is 9.30 Å². The van der Waals surface area contributed by atoms with Crippen molar-refractivity contribution in [2.24, 2.45) is 0 Å². The molecule has 0 aliphatic carbocycles. The van der Waals surface area contributed by atoms with Crippen molar-refractivity contribution >= 4 is 11.0 Å². The maximum atomic E-state index is 5.51. The van der Waals surface area contributed by atoms with Crippen LogP contribution in [0.4, 0.5) is 0 Å². The number of aryl methyl sites for hydroxylation is 1. The second kappa shape index (κ2) is 6.98. The van der Waals surface area contributed by atoms with E-state index in [2.05, 4.69) is 71.8 Å². The number of imidazole rings is 1. The highest BCUT2D eigenvalue weighted by atomic mass is 16.5. The van der Waals surface area contributed by atoms with Crippen molar-refractivity contribution in [3.63, 3.8) is 0 Å². The fourth-order valence-electron chi connectivity index (χ4n) is 3.58. The fourth-order valence-corrected chi connectivity index (χ4v) is 3.58. The number of rotatable bonds is 4. The van der Waals surface area contributed by atoms with Crippen LogP contribution in [0, 0.1) is 6.92 Å². The zero-order valence-corrected chi connectivity index (χ0v) is 15.0. The molecule has 0 bridgehead atoms. The molecule has 3 aromatic rings. The summed E-state index contributed by atoms with van der Waals surface area (Å²) in [6.45, 7) is 8.79. The first-order chi connectivity index (χ1) is 12.2. The van der Waals surface area contributed by atoms with Gasteiger partial charge in [0.1, 0.15) is 5.82 Å². The number of hydrogen-bond donors (Lipinski definition) is 0. The van der Waals surface area contributed by atoms with Gasteiger partial charge in [0.05, 0.1) is 30.3 Å². The number of nitrogens with zero attached hydrogens (tertiary/aromatic N) is 3. The third-order valence-corrected chi connectivity index (χ3v) is 5.11. The molecule has 1 aliphatic heterocycles. The van der Waals surface area contributed by atoms with Crippen LogP contribution in [0.3, 0.4) is 0 Å². The Morgan fingerprint density at radius 3 is 2.52 bits per heavy atom. The Hall–Kier alpha value is -2.17. The van der Waals surface area contributed by atoms with Crippen molar-refractivity contribution in [2.75, 3.05) is 26.3 Å². The summed E-state index contributed by atoms with van der Waals surface area (Å²) >= 11 is 0. The van der Waals surface area contributed by atoms with Crippen LogP contribution >= 0.6 is 0 Å². The standard InChI is InChI=1S/C21H25N3O/c1-16-7-9-18(10-8-16)15-24-20-6-4-3-5-19(20)22-21(24)17(2)23-11-13-25-14-12-23/h3-10,17H,11-15H2,1-2H3/t17-/m0/s1. The Balaban J connectivity index is 1.73. The normalized spacial score (nSPS) is 17.0. The highest BCUT2D eigenvalue weighted by Crippen LogP contribution is 2.26. The van der Waals surface area contributed by atoms with Gasteiger partial charge in [-0.2, -0.15) is 0 Å². The summed E-state index contributed by atoms with van der Waals surface area (Å²) in [5.74, 6) is 1.14. The molecule has 1 fully saturated rings. The number of hydrogen-bond acceptors (Lipinski definition) is 3. The van der Waals surface area contributed by atoms with E-state index in [4.69, 9.17) is 9.72 Å². The molecule has 0 amide bonds. The quantitative estimate of drug-likeness (QED) is 0.727. The summed E-state index contributed by atoms with van der Waals surface area (Å²) in [5, 5.41) is 0. The highest BCUT2D eigenvalue weighted by Gasteiger charge is 2.24. The molecule has 25 heavy (non-hydrogen) atoms.